The molecule has 0 amide bonds. The molecule has 0 aliphatic carbocycles. The predicted molar refractivity (Wildman–Crippen MR) is 79.9 cm³/mol. The maximum absolute atomic E-state index is 4.52. The van der Waals surface area contributed by atoms with Crippen molar-refractivity contribution in [2.75, 3.05) is 10.6 Å². The van der Waals surface area contributed by atoms with Gasteiger partial charge >= 0.3 is 0 Å². The number of benzene rings is 1. The summed E-state index contributed by atoms with van der Waals surface area (Å²) in [6.45, 7) is 6.31. The van der Waals surface area contributed by atoms with Gasteiger partial charge in [-0.1, -0.05) is 25.1 Å². The first kappa shape index (κ1) is 13.3. The van der Waals surface area contributed by atoms with Gasteiger partial charge in [0.2, 0.25) is 5.95 Å². The highest BCUT2D eigenvalue weighted by Gasteiger charge is 2.06. The number of aromatic nitrogens is 2. The molecule has 0 radical (unpaired) electrons. The number of hydrogen-bond acceptors (Lipinski definition) is 4. The van der Waals surface area contributed by atoms with Crippen LogP contribution in [0.25, 0.3) is 0 Å². The molecule has 0 fully saturated rings. The third kappa shape index (κ3) is 3.68. The smallest absolute Gasteiger partial charge is 0.229 e. The van der Waals surface area contributed by atoms with Crippen LogP contribution in [0.2, 0.25) is 0 Å². The summed E-state index contributed by atoms with van der Waals surface area (Å²) in [5, 5.41) is 6.60. The monoisotopic (exact) mass is 256 g/mol. The Labute approximate surface area is 114 Å². The number of nitrogens with zero attached hydrogens (tertiary/aromatic N) is 2. The number of rotatable bonds is 5. The molecule has 0 saturated heterocycles. The van der Waals surface area contributed by atoms with Gasteiger partial charge in [-0.2, -0.15) is 4.98 Å². The van der Waals surface area contributed by atoms with Gasteiger partial charge in [0.15, 0.2) is 0 Å². The van der Waals surface area contributed by atoms with Gasteiger partial charge in [0, 0.05) is 23.5 Å². The molecule has 0 aliphatic rings. The first-order valence-corrected chi connectivity index (χ1v) is 6.61. The second-order valence-corrected chi connectivity index (χ2v) is 4.67. The molecule has 1 atom stereocenters. The van der Waals surface area contributed by atoms with Crippen molar-refractivity contribution >= 4 is 17.5 Å². The largest absolute Gasteiger partial charge is 0.367 e. The lowest BCUT2D eigenvalue weighted by Crippen LogP contribution is -2.16. The maximum atomic E-state index is 4.52. The zero-order valence-electron chi connectivity index (χ0n) is 11.6. The van der Waals surface area contributed by atoms with E-state index in [4.69, 9.17) is 0 Å². The molecular formula is C15H20N4. The van der Waals surface area contributed by atoms with Crippen molar-refractivity contribution in [3.8, 4) is 0 Å². The second kappa shape index (κ2) is 6.18. The van der Waals surface area contributed by atoms with Crippen LogP contribution in [0.15, 0.2) is 36.5 Å². The highest BCUT2D eigenvalue weighted by molar-refractivity contribution is 5.55. The number of nitrogens with one attached hydrogen (secondary N) is 2. The van der Waals surface area contributed by atoms with Gasteiger partial charge in [-0.15, -0.1) is 0 Å². The summed E-state index contributed by atoms with van der Waals surface area (Å²) in [6.07, 6.45) is 2.90. The number of para-hydroxylation sites is 1. The molecule has 100 valence electrons. The van der Waals surface area contributed by atoms with Gasteiger partial charge < -0.3 is 10.6 Å². The minimum atomic E-state index is 0.401. The molecule has 1 aromatic carbocycles. The van der Waals surface area contributed by atoms with E-state index >= 15 is 0 Å². The minimum Gasteiger partial charge on any atom is -0.367 e. The molecule has 0 spiro atoms. The van der Waals surface area contributed by atoms with E-state index in [-0.39, 0.29) is 0 Å². The van der Waals surface area contributed by atoms with Crippen LogP contribution in [-0.4, -0.2) is 16.0 Å². The lowest BCUT2D eigenvalue weighted by Gasteiger charge is -2.15. The summed E-state index contributed by atoms with van der Waals surface area (Å²) in [5.74, 6) is 1.50. The van der Waals surface area contributed by atoms with Gasteiger partial charge in [-0.05, 0) is 32.4 Å². The first-order valence-electron chi connectivity index (χ1n) is 6.61. The van der Waals surface area contributed by atoms with Crippen LogP contribution >= 0.6 is 0 Å². The first-order chi connectivity index (χ1) is 9.19. The highest BCUT2D eigenvalue weighted by atomic mass is 15.1. The van der Waals surface area contributed by atoms with Gasteiger partial charge in [-0.3, -0.25) is 0 Å². The fraction of sp³-hybridized carbons (Fsp3) is 0.333. The fourth-order valence-corrected chi connectivity index (χ4v) is 1.63. The topological polar surface area (TPSA) is 49.8 Å². The van der Waals surface area contributed by atoms with Crippen LogP contribution in [0.5, 0.6) is 0 Å². The zero-order valence-corrected chi connectivity index (χ0v) is 11.6. The fourth-order valence-electron chi connectivity index (χ4n) is 1.63. The molecule has 0 aliphatic heterocycles. The molecule has 0 bridgehead atoms. The maximum Gasteiger partial charge on any atom is 0.229 e. The normalized spacial score (nSPS) is 11.9. The Bertz CT molecular complexity index is 525. The number of anilines is 3. The average molecular weight is 256 g/mol. The van der Waals surface area contributed by atoms with Crippen LogP contribution in [0.1, 0.15) is 25.8 Å². The third-order valence-corrected chi connectivity index (χ3v) is 3.00. The molecule has 4 nitrogen and oxygen atoms in total. The Balaban J connectivity index is 2.16. The molecule has 2 aromatic rings. The third-order valence-electron chi connectivity index (χ3n) is 3.00. The van der Waals surface area contributed by atoms with Crippen molar-refractivity contribution in [3.05, 3.63) is 42.1 Å². The highest BCUT2D eigenvalue weighted by Crippen LogP contribution is 2.17. The van der Waals surface area contributed by atoms with Crippen molar-refractivity contribution in [3.63, 3.8) is 0 Å². The van der Waals surface area contributed by atoms with E-state index in [0.29, 0.717) is 12.0 Å². The van der Waals surface area contributed by atoms with Crippen LogP contribution in [0.4, 0.5) is 17.5 Å². The van der Waals surface area contributed by atoms with Crippen LogP contribution < -0.4 is 10.6 Å². The minimum absolute atomic E-state index is 0.401. The summed E-state index contributed by atoms with van der Waals surface area (Å²) in [7, 11) is 0. The van der Waals surface area contributed by atoms with E-state index in [1.165, 1.54) is 0 Å². The van der Waals surface area contributed by atoms with Crippen LogP contribution in [0, 0.1) is 6.92 Å². The lowest BCUT2D eigenvalue weighted by molar-refractivity contribution is 0.757. The van der Waals surface area contributed by atoms with Gasteiger partial charge in [-0.25, -0.2) is 4.98 Å². The lowest BCUT2D eigenvalue weighted by atomic mass is 10.2. The summed E-state index contributed by atoms with van der Waals surface area (Å²) in [4.78, 5) is 8.83. The van der Waals surface area contributed by atoms with Gasteiger partial charge in [0.1, 0.15) is 5.82 Å². The Kier molecular flexibility index (Phi) is 4.34. The van der Waals surface area contributed by atoms with Gasteiger partial charge in [0.25, 0.3) is 0 Å². The van der Waals surface area contributed by atoms with Crippen molar-refractivity contribution in [2.24, 2.45) is 0 Å². The summed E-state index contributed by atoms with van der Waals surface area (Å²) in [6, 6.07) is 10.3. The van der Waals surface area contributed by atoms with Crippen molar-refractivity contribution in [2.45, 2.75) is 33.2 Å². The zero-order chi connectivity index (χ0) is 13.7. The van der Waals surface area contributed by atoms with Crippen molar-refractivity contribution in [1.82, 2.24) is 9.97 Å². The summed E-state index contributed by atoms with van der Waals surface area (Å²) >= 11 is 0. The van der Waals surface area contributed by atoms with Crippen molar-refractivity contribution in [1.29, 1.82) is 0 Å². The molecule has 0 saturated carbocycles. The second-order valence-electron chi connectivity index (χ2n) is 4.67. The molecule has 1 heterocycles. The Morgan fingerprint density at radius 2 is 1.95 bits per heavy atom. The van der Waals surface area contributed by atoms with Gasteiger partial charge in [0.05, 0.1) is 0 Å². The number of aryl methyl sites for hydroxylation is 1. The Hall–Kier alpha value is -2.10. The molecular weight excluding hydrogens is 236 g/mol. The predicted octanol–water partition coefficient (Wildman–Crippen LogP) is 3.74. The quantitative estimate of drug-likeness (QED) is 0.855. The van der Waals surface area contributed by atoms with E-state index < -0.39 is 0 Å². The van der Waals surface area contributed by atoms with Crippen LogP contribution in [-0.2, 0) is 0 Å². The molecule has 2 N–H and O–H groups in total. The molecule has 2 rings (SSSR count). The van der Waals surface area contributed by atoms with E-state index in [1.807, 2.05) is 43.5 Å². The van der Waals surface area contributed by atoms with E-state index in [0.717, 1.165) is 23.5 Å². The van der Waals surface area contributed by atoms with E-state index in [1.54, 1.807) is 0 Å². The van der Waals surface area contributed by atoms with E-state index in [2.05, 4.69) is 34.4 Å². The molecule has 4 heteroatoms. The van der Waals surface area contributed by atoms with E-state index in [9.17, 15) is 0 Å². The van der Waals surface area contributed by atoms with Crippen LogP contribution in [0.3, 0.4) is 0 Å². The summed E-state index contributed by atoms with van der Waals surface area (Å²) in [5.41, 5.74) is 2.04. The standard InChI is InChI=1S/C15H20N4/c1-4-12(3)17-14-11(2)10-16-15(19-14)18-13-8-6-5-7-9-13/h5-10,12H,4H2,1-3H3,(H2,16,17,18,19). The number of hydrogen-bond donors (Lipinski definition) is 2. The molecule has 1 unspecified atom stereocenters. The Morgan fingerprint density at radius 1 is 1.21 bits per heavy atom. The molecule has 1 aromatic heterocycles. The average Bonchev–Trinajstić information content (AvgIpc) is 2.43. The van der Waals surface area contributed by atoms with Crippen molar-refractivity contribution < 1.29 is 0 Å². The summed E-state index contributed by atoms with van der Waals surface area (Å²) < 4.78 is 0. The molecule has 19 heavy (non-hydrogen) atoms. The SMILES string of the molecule is CCC(C)Nc1nc(Nc2ccccc2)ncc1C. The Morgan fingerprint density at radius 3 is 2.63 bits per heavy atom.